The minimum Gasteiger partial charge on any atom is -0.276 e. The number of hydrogen-bond acceptors (Lipinski definition) is 3. The highest BCUT2D eigenvalue weighted by Crippen LogP contribution is 2.24. The molecule has 0 radical (unpaired) electrons. The molecule has 0 heterocycles. The quantitative estimate of drug-likeness (QED) is 0.363. The summed E-state index contributed by atoms with van der Waals surface area (Å²) in [6.45, 7) is 1.70. The fourth-order valence-electron chi connectivity index (χ4n) is 0.974. The molecule has 0 saturated heterocycles. The smallest absolute Gasteiger partial charge is 0.271 e. The summed E-state index contributed by atoms with van der Waals surface area (Å²) >= 11 is 7.22. The molecule has 74 valence electrons. The van der Waals surface area contributed by atoms with Crippen LogP contribution in [0.3, 0.4) is 0 Å². The fourth-order valence-corrected chi connectivity index (χ4v) is 1.78. The van der Waals surface area contributed by atoms with Crippen LogP contribution >= 0.6 is 34.2 Å². The van der Waals surface area contributed by atoms with Crippen molar-refractivity contribution in [3.8, 4) is 0 Å². The molecule has 0 fully saturated rings. The second-order valence-electron chi connectivity index (χ2n) is 2.63. The zero-order valence-corrected chi connectivity index (χ0v) is 10.00. The van der Waals surface area contributed by atoms with Gasteiger partial charge in [0.05, 0.1) is 4.92 Å². The van der Waals surface area contributed by atoms with E-state index in [-0.39, 0.29) is 11.3 Å². The van der Waals surface area contributed by atoms with Gasteiger partial charge in [0.2, 0.25) is 0 Å². The van der Waals surface area contributed by atoms with Crippen LogP contribution in [0.5, 0.6) is 0 Å². The molecule has 0 atom stereocenters. The minimum absolute atomic E-state index is 0.121. The molecule has 0 aliphatic rings. The Morgan fingerprint density at radius 2 is 2.14 bits per heavy atom. The van der Waals surface area contributed by atoms with Gasteiger partial charge in [0.25, 0.3) is 10.9 Å². The summed E-state index contributed by atoms with van der Waals surface area (Å²) in [5.74, 6) is 0. The number of carbonyl (C=O) groups excluding carboxylic acids is 1. The highest BCUT2D eigenvalue weighted by molar-refractivity contribution is 14.1. The van der Waals surface area contributed by atoms with Crippen molar-refractivity contribution in [1.29, 1.82) is 0 Å². The van der Waals surface area contributed by atoms with Crippen LogP contribution in [0.4, 0.5) is 5.69 Å². The van der Waals surface area contributed by atoms with Gasteiger partial charge in [0.1, 0.15) is 0 Å². The second-order valence-corrected chi connectivity index (χ2v) is 4.14. The van der Waals surface area contributed by atoms with Gasteiger partial charge in [0.15, 0.2) is 0 Å². The zero-order chi connectivity index (χ0) is 10.9. The number of benzene rings is 1. The molecule has 0 aromatic heterocycles. The third-order valence-corrected chi connectivity index (χ3v) is 3.08. The Kier molecular flexibility index (Phi) is 3.43. The first kappa shape index (κ1) is 11.4. The van der Waals surface area contributed by atoms with Crippen molar-refractivity contribution in [2.45, 2.75) is 6.92 Å². The minimum atomic E-state index is -0.677. The van der Waals surface area contributed by atoms with Crippen LogP contribution in [0.25, 0.3) is 0 Å². The molecular weight excluding hydrogens is 320 g/mol. The van der Waals surface area contributed by atoms with Gasteiger partial charge in [0, 0.05) is 21.3 Å². The van der Waals surface area contributed by atoms with E-state index >= 15 is 0 Å². The van der Waals surface area contributed by atoms with E-state index < -0.39 is 10.2 Å². The Balaban J connectivity index is 3.43. The Hall–Kier alpha value is -0.690. The lowest BCUT2D eigenvalue weighted by molar-refractivity contribution is -0.385. The maximum atomic E-state index is 10.9. The summed E-state index contributed by atoms with van der Waals surface area (Å²) in [7, 11) is 0. The Labute approximate surface area is 98.5 Å². The average Bonchev–Trinajstić information content (AvgIpc) is 2.08. The van der Waals surface area contributed by atoms with Gasteiger partial charge in [-0.05, 0) is 46.7 Å². The van der Waals surface area contributed by atoms with E-state index in [1.54, 1.807) is 6.92 Å². The highest BCUT2D eigenvalue weighted by Gasteiger charge is 2.15. The summed E-state index contributed by atoms with van der Waals surface area (Å²) in [5.41, 5.74) is 0.727. The van der Waals surface area contributed by atoms with Crippen LogP contribution in [0.1, 0.15) is 15.9 Å². The predicted molar refractivity (Wildman–Crippen MR) is 60.7 cm³/mol. The largest absolute Gasteiger partial charge is 0.276 e. The zero-order valence-electron chi connectivity index (χ0n) is 7.08. The van der Waals surface area contributed by atoms with Crippen molar-refractivity contribution in [2.24, 2.45) is 0 Å². The highest BCUT2D eigenvalue weighted by atomic mass is 127. The van der Waals surface area contributed by atoms with Crippen molar-refractivity contribution in [1.82, 2.24) is 0 Å². The molecule has 6 heteroatoms. The van der Waals surface area contributed by atoms with E-state index in [0.29, 0.717) is 9.13 Å². The standard InChI is InChI=1S/C8H5ClINO3/c1-4-6(8(9)12)2-5(11(13)14)3-7(4)10/h2-3H,1H3. The van der Waals surface area contributed by atoms with Crippen molar-refractivity contribution in [3.05, 3.63) is 36.9 Å². The molecular formula is C8H5ClINO3. The number of halogens is 2. The third kappa shape index (κ3) is 2.21. The van der Waals surface area contributed by atoms with E-state index in [2.05, 4.69) is 0 Å². The molecule has 0 aliphatic heterocycles. The molecule has 14 heavy (non-hydrogen) atoms. The van der Waals surface area contributed by atoms with E-state index in [1.165, 1.54) is 12.1 Å². The molecule has 1 aromatic carbocycles. The summed E-state index contributed by atoms with van der Waals surface area (Å²) < 4.78 is 0.654. The predicted octanol–water partition coefficient (Wildman–Crippen LogP) is 2.89. The maximum Gasteiger partial charge on any atom is 0.271 e. The topological polar surface area (TPSA) is 60.2 Å². The summed E-state index contributed by atoms with van der Waals surface area (Å²) in [6.07, 6.45) is 0. The number of rotatable bonds is 2. The molecule has 0 N–H and O–H groups in total. The van der Waals surface area contributed by atoms with Crippen LogP contribution in [0.2, 0.25) is 0 Å². The number of carbonyl (C=O) groups is 1. The van der Waals surface area contributed by atoms with Crippen LogP contribution in [0, 0.1) is 20.6 Å². The van der Waals surface area contributed by atoms with Gasteiger partial charge in [-0.1, -0.05) is 0 Å². The maximum absolute atomic E-state index is 10.9. The van der Waals surface area contributed by atoms with Gasteiger partial charge < -0.3 is 0 Å². The van der Waals surface area contributed by atoms with Gasteiger partial charge in [-0.25, -0.2) is 0 Å². The Morgan fingerprint density at radius 1 is 1.57 bits per heavy atom. The van der Waals surface area contributed by atoms with E-state index in [0.717, 1.165) is 0 Å². The van der Waals surface area contributed by atoms with Gasteiger partial charge in [-0.15, -0.1) is 0 Å². The number of nitro groups is 1. The van der Waals surface area contributed by atoms with Crippen LogP contribution < -0.4 is 0 Å². The molecule has 0 spiro atoms. The van der Waals surface area contributed by atoms with Crippen LogP contribution in [-0.2, 0) is 0 Å². The van der Waals surface area contributed by atoms with Gasteiger partial charge in [-0.2, -0.15) is 0 Å². The lowest BCUT2D eigenvalue weighted by Gasteiger charge is -2.02. The fraction of sp³-hybridized carbons (Fsp3) is 0.125. The van der Waals surface area contributed by atoms with E-state index in [9.17, 15) is 14.9 Å². The molecule has 0 bridgehead atoms. The lowest BCUT2D eigenvalue weighted by atomic mass is 10.1. The average molecular weight is 325 g/mol. The Morgan fingerprint density at radius 3 is 2.57 bits per heavy atom. The number of hydrogen-bond donors (Lipinski definition) is 0. The van der Waals surface area contributed by atoms with Crippen molar-refractivity contribution in [2.75, 3.05) is 0 Å². The number of non-ortho nitro benzene ring substituents is 1. The monoisotopic (exact) mass is 325 g/mol. The van der Waals surface area contributed by atoms with E-state index in [4.69, 9.17) is 11.6 Å². The number of nitro benzene ring substituents is 1. The first-order valence-corrected chi connectivity index (χ1v) is 5.03. The van der Waals surface area contributed by atoms with Gasteiger partial charge >= 0.3 is 0 Å². The summed E-state index contributed by atoms with van der Waals surface area (Å²) in [6, 6.07) is 2.59. The van der Waals surface area contributed by atoms with Crippen molar-refractivity contribution >= 4 is 45.1 Å². The molecule has 0 aliphatic carbocycles. The van der Waals surface area contributed by atoms with Crippen molar-refractivity contribution in [3.63, 3.8) is 0 Å². The van der Waals surface area contributed by atoms with Crippen LogP contribution in [0.15, 0.2) is 12.1 Å². The first-order valence-electron chi connectivity index (χ1n) is 3.58. The van der Waals surface area contributed by atoms with Gasteiger partial charge in [-0.3, -0.25) is 14.9 Å². The molecule has 1 rings (SSSR count). The van der Waals surface area contributed by atoms with Crippen LogP contribution in [-0.4, -0.2) is 10.2 Å². The normalized spacial score (nSPS) is 9.93. The Bertz CT molecular complexity index is 419. The SMILES string of the molecule is Cc1c(I)cc([N+](=O)[O-])cc1C(=O)Cl. The molecule has 0 saturated carbocycles. The first-order chi connectivity index (χ1) is 6.43. The second kappa shape index (κ2) is 4.22. The molecule has 0 unspecified atom stereocenters. The molecule has 4 nitrogen and oxygen atoms in total. The molecule has 1 aromatic rings. The summed E-state index contributed by atoms with van der Waals surface area (Å²) in [5, 5.41) is 9.81. The lowest BCUT2D eigenvalue weighted by Crippen LogP contribution is -1.99. The van der Waals surface area contributed by atoms with E-state index in [1.807, 2.05) is 22.6 Å². The molecule has 0 amide bonds. The van der Waals surface area contributed by atoms with Crippen molar-refractivity contribution < 1.29 is 9.72 Å². The third-order valence-electron chi connectivity index (χ3n) is 1.75. The summed E-state index contributed by atoms with van der Waals surface area (Å²) in [4.78, 5) is 20.9. The number of nitrogens with zero attached hydrogens (tertiary/aromatic N) is 1.